The number of carboxylic acids is 1. The molecular formula is C11H14O5S. The lowest BCUT2D eigenvalue weighted by atomic mass is 10.1. The van der Waals surface area contributed by atoms with Gasteiger partial charge in [0.05, 0.1) is 22.3 Å². The van der Waals surface area contributed by atoms with Crippen molar-refractivity contribution < 1.29 is 23.4 Å². The Morgan fingerprint density at radius 3 is 2.29 bits per heavy atom. The number of aromatic carboxylic acids is 1. The minimum absolute atomic E-state index is 0.0727. The van der Waals surface area contributed by atoms with Crippen LogP contribution in [0.3, 0.4) is 0 Å². The van der Waals surface area contributed by atoms with E-state index < -0.39 is 27.7 Å². The van der Waals surface area contributed by atoms with Gasteiger partial charge in [0.1, 0.15) is 0 Å². The van der Waals surface area contributed by atoms with Crippen LogP contribution in [0.2, 0.25) is 0 Å². The smallest absolute Gasteiger partial charge is 0.335 e. The Morgan fingerprint density at radius 1 is 1.29 bits per heavy atom. The molecule has 0 saturated carbocycles. The molecule has 0 unspecified atom stereocenters. The highest BCUT2D eigenvalue weighted by Crippen LogP contribution is 2.20. The van der Waals surface area contributed by atoms with E-state index in [1.165, 1.54) is 26.0 Å². The van der Waals surface area contributed by atoms with Crippen molar-refractivity contribution in [1.29, 1.82) is 0 Å². The molecule has 1 aromatic rings. The summed E-state index contributed by atoms with van der Waals surface area (Å²) >= 11 is 0. The van der Waals surface area contributed by atoms with Gasteiger partial charge in [-0.25, -0.2) is 13.2 Å². The zero-order valence-electron chi connectivity index (χ0n) is 9.54. The molecule has 0 amide bonds. The van der Waals surface area contributed by atoms with Gasteiger partial charge in [0, 0.05) is 0 Å². The third kappa shape index (κ3) is 2.83. The second-order valence-corrected chi connectivity index (χ2v) is 6.43. The van der Waals surface area contributed by atoms with Gasteiger partial charge in [-0.05, 0) is 37.6 Å². The van der Waals surface area contributed by atoms with Crippen molar-refractivity contribution in [3.8, 4) is 0 Å². The fraction of sp³-hybridized carbons (Fsp3) is 0.364. The van der Waals surface area contributed by atoms with Crippen LogP contribution in [0.5, 0.6) is 0 Å². The fourth-order valence-corrected chi connectivity index (χ4v) is 2.46. The number of benzene rings is 1. The van der Waals surface area contributed by atoms with Crippen molar-refractivity contribution in [3.05, 3.63) is 29.3 Å². The number of sulfone groups is 1. The summed E-state index contributed by atoms with van der Waals surface area (Å²) in [7, 11) is -3.54. The first-order chi connectivity index (χ1) is 7.78. The van der Waals surface area contributed by atoms with E-state index in [1.807, 2.05) is 0 Å². The fourth-order valence-electron chi connectivity index (χ4n) is 1.31. The van der Waals surface area contributed by atoms with Crippen LogP contribution in [0.15, 0.2) is 23.1 Å². The SMILES string of the molecule is CC(C)S(=O)(=O)c1cc(CO)cc(C(=O)O)c1. The van der Waals surface area contributed by atoms with Crippen molar-refractivity contribution in [2.75, 3.05) is 0 Å². The van der Waals surface area contributed by atoms with Crippen molar-refractivity contribution in [2.45, 2.75) is 30.6 Å². The molecule has 0 fully saturated rings. The number of hydrogen-bond acceptors (Lipinski definition) is 4. The molecule has 0 aliphatic rings. The van der Waals surface area contributed by atoms with Gasteiger partial charge >= 0.3 is 5.97 Å². The third-order valence-corrected chi connectivity index (χ3v) is 4.48. The van der Waals surface area contributed by atoms with Crippen molar-refractivity contribution in [2.24, 2.45) is 0 Å². The molecule has 94 valence electrons. The predicted molar refractivity (Wildman–Crippen MR) is 61.6 cm³/mol. The summed E-state index contributed by atoms with van der Waals surface area (Å²) in [6.45, 7) is 2.63. The molecule has 1 aromatic carbocycles. The van der Waals surface area contributed by atoms with Crippen LogP contribution in [0.4, 0.5) is 0 Å². The van der Waals surface area contributed by atoms with Crippen LogP contribution < -0.4 is 0 Å². The van der Waals surface area contributed by atoms with Gasteiger partial charge in [-0.15, -0.1) is 0 Å². The minimum atomic E-state index is -3.54. The summed E-state index contributed by atoms with van der Waals surface area (Å²) in [6.07, 6.45) is 0. The summed E-state index contributed by atoms with van der Waals surface area (Å²) in [5.74, 6) is -1.22. The zero-order valence-corrected chi connectivity index (χ0v) is 10.4. The van der Waals surface area contributed by atoms with E-state index in [4.69, 9.17) is 10.2 Å². The largest absolute Gasteiger partial charge is 0.478 e. The van der Waals surface area contributed by atoms with Crippen LogP contribution in [-0.4, -0.2) is 29.9 Å². The summed E-state index contributed by atoms with van der Waals surface area (Å²) < 4.78 is 23.8. The van der Waals surface area contributed by atoms with Gasteiger partial charge in [0.15, 0.2) is 9.84 Å². The summed E-state index contributed by atoms with van der Waals surface area (Å²) in [6, 6.07) is 3.65. The lowest BCUT2D eigenvalue weighted by Crippen LogP contribution is -2.15. The highest BCUT2D eigenvalue weighted by Gasteiger charge is 2.21. The maximum atomic E-state index is 11.9. The van der Waals surface area contributed by atoms with E-state index in [1.54, 1.807) is 0 Å². The van der Waals surface area contributed by atoms with Crippen molar-refractivity contribution in [1.82, 2.24) is 0 Å². The first-order valence-electron chi connectivity index (χ1n) is 5.01. The van der Waals surface area contributed by atoms with E-state index in [0.29, 0.717) is 0 Å². The van der Waals surface area contributed by atoms with Gasteiger partial charge in [-0.3, -0.25) is 0 Å². The molecule has 0 bridgehead atoms. The molecule has 17 heavy (non-hydrogen) atoms. The lowest BCUT2D eigenvalue weighted by Gasteiger charge is -2.10. The van der Waals surface area contributed by atoms with Crippen LogP contribution in [0.25, 0.3) is 0 Å². The molecule has 0 saturated heterocycles. The molecular weight excluding hydrogens is 244 g/mol. The number of rotatable bonds is 4. The highest BCUT2D eigenvalue weighted by molar-refractivity contribution is 7.92. The van der Waals surface area contributed by atoms with Crippen LogP contribution in [0, 0.1) is 0 Å². The summed E-state index contributed by atoms with van der Waals surface area (Å²) in [5, 5.41) is 17.2. The van der Waals surface area contributed by atoms with E-state index in [-0.39, 0.29) is 16.0 Å². The van der Waals surface area contributed by atoms with Gasteiger partial charge in [-0.1, -0.05) is 0 Å². The molecule has 0 radical (unpaired) electrons. The van der Waals surface area contributed by atoms with Crippen LogP contribution in [0.1, 0.15) is 29.8 Å². The number of carboxylic acid groups (broad SMARTS) is 1. The van der Waals surface area contributed by atoms with E-state index in [0.717, 1.165) is 6.07 Å². The first-order valence-corrected chi connectivity index (χ1v) is 6.55. The monoisotopic (exact) mass is 258 g/mol. The normalized spacial score (nSPS) is 11.8. The average molecular weight is 258 g/mol. The topological polar surface area (TPSA) is 91.7 Å². The zero-order chi connectivity index (χ0) is 13.2. The standard InChI is InChI=1S/C11H14O5S/c1-7(2)17(15,16)10-4-8(6-12)3-9(5-10)11(13)14/h3-5,7,12H,6H2,1-2H3,(H,13,14). The Hall–Kier alpha value is -1.40. The van der Waals surface area contributed by atoms with Crippen LogP contribution >= 0.6 is 0 Å². The Labute approximate surface area is 99.6 Å². The Balaban J connectivity index is 3.45. The molecule has 0 heterocycles. The maximum Gasteiger partial charge on any atom is 0.335 e. The average Bonchev–Trinajstić information content (AvgIpc) is 2.27. The molecule has 1 rings (SSSR count). The Kier molecular flexibility index (Phi) is 3.90. The molecule has 0 aliphatic carbocycles. The van der Waals surface area contributed by atoms with Gasteiger partial charge in [-0.2, -0.15) is 0 Å². The Morgan fingerprint density at radius 2 is 1.88 bits per heavy atom. The van der Waals surface area contributed by atoms with Crippen molar-refractivity contribution >= 4 is 15.8 Å². The molecule has 0 atom stereocenters. The van der Waals surface area contributed by atoms with E-state index >= 15 is 0 Å². The number of hydrogen-bond donors (Lipinski definition) is 2. The second-order valence-electron chi connectivity index (χ2n) is 3.92. The minimum Gasteiger partial charge on any atom is -0.478 e. The summed E-state index contributed by atoms with van der Waals surface area (Å²) in [5.41, 5.74) is 0.125. The third-order valence-electron chi connectivity index (χ3n) is 2.34. The molecule has 5 nitrogen and oxygen atoms in total. The number of carbonyl (C=O) groups is 1. The lowest BCUT2D eigenvalue weighted by molar-refractivity contribution is 0.0696. The number of aliphatic hydroxyl groups is 1. The van der Waals surface area contributed by atoms with Gasteiger partial charge in [0.25, 0.3) is 0 Å². The summed E-state index contributed by atoms with van der Waals surface area (Å²) in [4.78, 5) is 10.8. The molecule has 0 aliphatic heterocycles. The Bertz CT molecular complexity index is 531. The molecule has 0 aromatic heterocycles. The van der Waals surface area contributed by atoms with E-state index in [2.05, 4.69) is 0 Å². The van der Waals surface area contributed by atoms with Crippen molar-refractivity contribution in [3.63, 3.8) is 0 Å². The molecule has 0 spiro atoms. The van der Waals surface area contributed by atoms with Gasteiger partial charge < -0.3 is 10.2 Å². The van der Waals surface area contributed by atoms with E-state index in [9.17, 15) is 13.2 Å². The van der Waals surface area contributed by atoms with Crippen LogP contribution in [-0.2, 0) is 16.4 Å². The van der Waals surface area contributed by atoms with Gasteiger partial charge in [0.2, 0.25) is 0 Å². The molecule has 2 N–H and O–H groups in total. The quantitative estimate of drug-likeness (QED) is 0.842. The molecule has 6 heteroatoms. The second kappa shape index (κ2) is 4.85. The predicted octanol–water partition coefficient (Wildman–Crippen LogP) is 1.06. The first kappa shape index (κ1) is 13.7. The highest BCUT2D eigenvalue weighted by atomic mass is 32.2. The number of aliphatic hydroxyl groups excluding tert-OH is 1. The maximum absolute atomic E-state index is 11.9.